The van der Waals surface area contributed by atoms with Crippen LogP contribution in [0.15, 0.2) is 18.2 Å². The van der Waals surface area contributed by atoms with Crippen LogP contribution in [0.5, 0.6) is 0 Å². The molecule has 0 saturated heterocycles. The number of halogens is 1. The Morgan fingerprint density at radius 3 is 2.89 bits per heavy atom. The predicted octanol–water partition coefficient (Wildman–Crippen LogP) is 3.84. The van der Waals surface area contributed by atoms with Gasteiger partial charge in [-0.2, -0.15) is 0 Å². The molecule has 1 saturated carbocycles. The van der Waals surface area contributed by atoms with Crippen LogP contribution in [0.25, 0.3) is 0 Å². The summed E-state index contributed by atoms with van der Waals surface area (Å²) in [6.45, 7) is 3.17. The van der Waals surface area contributed by atoms with Crippen LogP contribution in [0.2, 0.25) is 5.02 Å². The fourth-order valence-corrected chi connectivity index (χ4v) is 3.04. The van der Waals surface area contributed by atoms with Crippen LogP contribution in [0.4, 0.5) is 5.69 Å². The standard InChI is InChI=1S/C15H23ClN2/c1-11-8-13(16)6-7-15(11)18-10-12-4-3-5-14(9-12)17-2/h6-8,12,14,17-18H,3-5,9-10H2,1-2H3. The van der Waals surface area contributed by atoms with Gasteiger partial charge in [-0.15, -0.1) is 0 Å². The highest BCUT2D eigenvalue weighted by molar-refractivity contribution is 6.30. The van der Waals surface area contributed by atoms with Crippen molar-refractivity contribution in [1.29, 1.82) is 0 Å². The molecule has 2 nitrogen and oxygen atoms in total. The molecule has 0 amide bonds. The molecule has 0 spiro atoms. The smallest absolute Gasteiger partial charge is 0.0410 e. The Morgan fingerprint density at radius 1 is 1.33 bits per heavy atom. The number of anilines is 1. The lowest BCUT2D eigenvalue weighted by molar-refractivity contribution is 0.306. The molecular weight excluding hydrogens is 244 g/mol. The zero-order valence-corrected chi connectivity index (χ0v) is 12.1. The Bertz CT molecular complexity index is 392. The lowest BCUT2D eigenvalue weighted by Gasteiger charge is -2.29. The molecule has 1 fully saturated rings. The van der Waals surface area contributed by atoms with E-state index >= 15 is 0 Å². The van der Waals surface area contributed by atoms with E-state index in [2.05, 4.69) is 30.7 Å². The first-order valence-electron chi connectivity index (χ1n) is 6.86. The maximum Gasteiger partial charge on any atom is 0.0410 e. The molecule has 3 heteroatoms. The van der Waals surface area contributed by atoms with Gasteiger partial charge < -0.3 is 10.6 Å². The second-order valence-electron chi connectivity index (χ2n) is 5.36. The van der Waals surface area contributed by atoms with Gasteiger partial charge in [0, 0.05) is 23.3 Å². The van der Waals surface area contributed by atoms with Crippen molar-refractivity contribution in [2.45, 2.75) is 38.6 Å². The van der Waals surface area contributed by atoms with Crippen molar-refractivity contribution in [1.82, 2.24) is 5.32 Å². The molecule has 0 aromatic heterocycles. The van der Waals surface area contributed by atoms with Crippen molar-refractivity contribution in [2.24, 2.45) is 5.92 Å². The van der Waals surface area contributed by atoms with Crippen LogP contribution in [0, 0.1) is 12.8 Å². The third-order valence-electron chi connectivity index (χ3n) is 3.96. The molecule has 1 aliphatic carbocycles. The summed E-state index contributed by atoms with van der Waals surface area (Å²) >= 11 is 5.97. The summed E-state index contributed by atoms with van der Waals surface area (Å²) in [5, 5.41) is 7.78. The van der Waals surface area contributed by atoms with Gasteiger partial charge in [-0.25, -0.2) is 0 Å². The van der Waals surface area contributed by atoms with Gasteiger partial charge in [-0.1, -0.05) is 18.0 Å². The Kier molecular flexibility index (Phi) is 4.90. The van der Waals surface area contributed by atoms with Crippen LogP contribution in [0.1, 0.15) is 31.2 Å². The minimum atomic E-state index is 0.705. The monoisotopic (exact) mass is 266 g/mol. The summed E-state index contributed by atoms with van der Waals surface area (Å²) in [7, 11) is 2.07. The van der Waals surface area contributed by atoms with Crippen molar-refractivity contribution in [2.75, 3.05) is 18.9 Å². The Hall–Kier alpha value is -0.730. The van der Waals surface area contributed by atoms with Gasteiger partial charge >= 0.3 is 0 Å². The van der Waals surface area contributed by atoms with Crippen LogP contribution < -0.4 is 10.6 Å². The van der Waals surface area contributed by atoms with Crippen molar-refractivity contribution in [3.05, 3.63) is 28.8 Å². The number of benzene rings is 1. The third-order valence-corrected chi connectivity index (χ3v) is 4.20. The number of aryl methyl sites for hydroxylation is 1. The molecule has 2 rings (SSSR count). The molecule has 0 heterocycles. The molecule has 18 heavy (non-hydrogen) atoms. The summed E-state index contributed by atoms with van der Waals surface area (Å²) in [5.41, 5.74) is 2.44. The van der Waals surface area contributed by atoms with Crippen molar-refractivity contribution in [3.63, 3.8) is 0 Å². The maximum atomic E-state index is 5.97. The van der Waals surface area contributed by atoms with Crippen LogP contribution in [-0.4, -0.2) is 19.6 Å². The summed E-state index contributed by atoms with van der Waals surface area (Å²) in [6, 6.07) is 6.75. The number of hydrogen-bond acceptors (Lipinski definition) is 2. The first kappa shape index (κ1) is 13.7. The van der Waals surface area contributed by atoms with E-state index in [-0.39, 0.29) is 0 Å². The molecule has 2 atom stereocenters. The van der Waals surface area contributed by atoms with Crippen molar-refractivity contribution >= 4 is 17.3 Å². The Morgan fingerprint density at radius 2 is 2.17 bits per heavy atom. The average Bonchev–Trinajstić information content (AvgIpc) is 2.38. The van der Waals surface area contributed by atoms with Gasteiger partial charge in [0.15, 0.2) is 0 Å². The third kappa shape index (κ3) is 3.63. The molecule has 1 aliphatic rings. The van der Waals surface area contributed by atoms with Gasteiger partial charge in [0.05, 0.1) is 0 Å². The summed E-state index contributed by atoms with van der Waals surface area (Å²) in [5.74, 6) is 0.784. The molecule has 0 radical (unpaired) electrons. The molecule has 100 valence electrons. The summed E-state index contributed by atoms with van der Waals surface area (Å²) in [4.78, 5) is 0. The fraction of sp³-hybridized carbons (Fsp3) is 0.600. The van der Waals surface area contributed by atoms with E-state index in [1.165, 1.54) is 36.9 Å². The quantitative estimate of drug-likeness (QED) is 0.865. The SMILES string of the molecule is CNC1CCCC(CNc2ccc(Cl)cc2C)C1. The fourth-order valence-electron chi connectivity index (χ4n) is 2.82. The first-order valence-corrected chi connectivity index (χ1v) is 7.24. The van der Waals surface area contributed by atoms with Crippen LogP contribution >= 0.6 is 11.6 Å². The number of rotatable bonds is 4. The van der Waals surface area contributed by atoms with Gasteiger partial charge in [0.25, 0.3) is 0 Å². The second kappa shape index (κ2) is 6.44. The average molecular weight is 267 g/mol. The zero-order chi connectivity index (χ0) is 13.0. The molecule has 1 aromatic rings. The molecule has 0 bridgehead atoms. The van der Waals surface area contributed by atoms with E-state index in [1.807, 2.05) is 12.1 Å². The highest BCUT2D eigenvalue weighted by atomic mass is 35.5. The highest BCUT2D eigenvalue weighted by Gasteiger charge is 2.20. The van der Waals surface area contributed by atoms with E-state index in [1.54, 1.807) is 0 Å². The van der Waals surface area contributed by atoms with Crippen molar-refractivity contribution in [3.8, 4) is 0 Å². The lowest BCUT2D eigenvalue weighted by atomic mass is 9.85. The van der Waals surface area contributed by atoms with Crippen molar-refractivity contribution < 1.29 is 0 Å². The zero-order valence-electron chi connectivity index (χ0n) is 11.3. The van der Waals surface area contributed by atoms with Crippen LogP contribution in [0.3, 0.4) is 0 Å². The van der Waals surface area contributed by atoms with Crippen LogP contribution in [-0.2, 0) is 0 Å². The van der Waals surface area contributed by atoms with E-state index < -0.39 is 0 Å². The largest absolute Gasteiger partial charge is 0.385 e. The number of hydrogen-bond donors (Lipinski definition) is 2. The summed E-state index contributed by atoms with van der Waals surface area (Å²) < 4.78 is 0. The minimum absolute atomic E-state index is 0.705. The molecule has 0 aliphatic heterocycles. The first-order chi connectivity index (χ1) is 8.69. The topological polar surface area (TPSA) is 24.1 Å². The van der Waals surface area contributed by atoms with E-state index in [4.69, 9.17) is 11.6 Å². The van der Waals surface area contributed by atoms with Gasteiger partial charge in [-0.05, 0) is 62.9 Å². The normalized spacial score (nSPS) is 23.9. The number of nitrogens with one attached hydrogen (secondary N) is 2. The molecular formula is C15H23ClN2. The maximum absolute atomic E-state index is 5.97. The van der Waals surface area contributed by atoms with E-state index in [9.17, 15) is 0 Å². The Labute approximate surface area is 115 Å². The predicted molar refractivity (Wildman–Crippen MR) is 79.5 cm³/mol. The second-order valence-corrected chi connectivity index (χ2v) is 5.79. The van der Waals surface area contributed by atoms with Gasteiger partial charge in [0.1, 0.15) is 0 Å². The lowest BCUT2D eigenvalue weighted by Crippen LogP contribution is -2.33. The summed E-state index contributed by atoms with van der Waals surface area (Å²) in [6.07, 6.45) is 5.30. The van der Waals surface area contributed by atoms with E-state index in [0.717, 1.165) is 17.5 Å². The van der Waals surface area contributed by atoms with E-state index in [0.29, 0.717) is 6.04 Å². The highest BCUT2D eigenvalue weighted by Crippen LogP contribution is 2.26. The minimum Gasteiger partial charge on any atom is -0.385 e. The van der Waals surface area contributed by atoms with Gasteiger partial charge in [-0.3, -0.25) is 0 Å². The molecule has 2 unspecified atom stereocenters. The molecule has 2 N–H and O–H groups in total. The molecule has 1 aromatic carbocycles. The Balaban J connectivity index is 1.87. The van der Waals surface area contributed by atoms with Gasteiger partial charge in [0.2, 0.25) is 0 Å².